The molecule has 5 rings (SSSR count). The summed E-state index contributed by atoms with van der Waals surface area (Å²) in [5.41, 5.74) is 0.657. The molecule has 0 aliphatic heterocycles. The first kappa shape index (κ1) is 22.0. The number of methoxy groups -OCH3 is 1. The van der Waals surface area contributed by atoms with Crippen molar-refractivity contribution in [2.24, 2.45) is 5.10 Å². The molecule has 34 heavy (non-hydrogen) atoms. The predicted octanol–water partition coefficient (Wildman–Crippen LogP) is 6.36. The SMILES string of the molecule is COc1ccc2nc(N(/N=C/c3ccc([N+](=O)[O-])o3)C(=O)c3sc4ccccc4c3Cl)sc2c1. The van der Waals surface area contributed by atoms with Gasteiger partial charge in [-0.15, -0.1) is 11.3 Å². The molecular weight excluding hydrogens is 500 g/mol. The van der Waals surface area contributed by atoms with Gasteiger partial charge in [-0.05, 0) is 30.3 Å². The van der Waals surface area contributed by atoms with Crippen molar-refractivity contribution in [3.8, 4) is 5.75 Å². The monoisotopic (exact) mass is 512 g/mol. The molecule has 0 atom stereocenters. The van der Waals surface area contributed by atoms with Gasteiger partial charge in [-0.2, -0.15) is 10.1 Å². The first-order valence-corrected chi connectivity index (χ1v) is 11.7. The predicted molar refractivity (Wildman–Crippen MR) is 133 cm³/mol. The van der Waals surface area contributed by atoms with Crippen LogP contribution < -0.4 is 9.75 Å². The Kier molecular flexibility index (Phi) is 5.74. The van der Waals surface area contributed by atoms with Crippen molar-refractivity contribution in [3.63, 3.8) is 0 Å². The average molecular weight is 513 g/mol. The second kappa shape index (κ2) is 8.86. The number of amides is 1. The number of rotatable bonds is 6. The first-order valence-electron chi connectivity index (χ1n) is 9.69. The summed E-state index contributed by atoms with van der Waals surface area (Å²) >= 11 is 9.02. The zero-order valence-electron chi connectivity index (χ0n) is 17.3. The van der Waals surface area contributed by atoms with Gasteiger partial charge >= 0.3 is 5.88 Å². The lowest BCUT2D eigenvalue weighted by Crippen LogP contribution is -2.25. The van der Waals surface area contributed by atoms with E-state index in [1.54, 1.807) is 19.2 Å². The van der Waals surface area contributed by atoms with Crippen molar-refractivity contribution in [2.45, 2.75) is 0 Å². The van der Waals surface area contributed by atoms with Gasteiger partial charge in [-0.25, -0.2) is 4.98 Å². The van der Waals surface area contributed by atoms with E-state index in [2.05, 4.69) is 10.1 Å². The number of hydrogen-bond donors (Lipinski definition) is 0. The molecule has 0 aliphatic rings. The lowest BCUT2D eigenvalue weighted by Gasteiger charge is -2.12. The standard InChI is InChI=1S/C22H13ClN4O5S2/c1-31-12-6-8-15-17(10-12)34-22(25-15)26(24-11-13-7-9-18(32-13)27(29)30)21(28)20-19(23)14-4-2-3-5-16(14)33-20/h2-11H,1H3/b24-11+. The molecule has 0 saturated heterocycles. The molecule has 9 nitrogen and oxygen atoms in total. The Labute approximate surface area is 204 Å². The van der Waals surface area contributed by atoms with Gasteiger partial charge in [0.15, 0.2) is 5.76 Å². The van der Waals surface area contributed by atoms with Gasteiger partial charge in [-0.3, -0.25) is 14.9 Å². The van der Waals surface area contributed by atoms with Crippen LogP contribution >= 0.6 is 34.3 Å². The third-order valence-electron chi connectivity index (χ3n) is 4.78. The number of nitro groups is 1. The Hall–Kier alpha value is -3.80. The molecule has 12 heteroatoms. The molecule has 2 aromatic carbocycles. The van der Waals surface area contributed by atoms with Crippen molar-refractivity contribution in [2.75, 3.05) is 12.1 Å². The number of halogens is 1. The number of hydrazone groups is 1. The van der Waals surface area contributed by atoms with Crippen molar-refractivity contribution < 1.29 is 18.9 Å². The highest BCUT2D eigenvalue weighted by Gasteiger charge is 2.26. The van der Waals surface area contributed by atoms with E-state index in [-0.39, 0.29) is 5.76 Å². The van der Waals surface area contributed by atoms with E-state index in [9.17, 15) is 14.9 Å². The van der Waals surface area contributed by atoms with Crippen LogP contribution in [0, 0.1) is 10.1 Å². The number of benzene rings is 2. The molecule has 5 aromatic rings. The number of furan rings is 1. The van der Waals surface area contributed by atoms with Gasteiger partial charge in [0.25, 0.3) is 5.91 Å². The summed E-state index contributed by atoms with van der Waals surface area (Å²) in [5.74, 6) is -0.164. The van der Waals surface area contributed by atoms with Crippen molar-refractivity contribution in [1.29, 1.82) is 0 Å². The molecule has 1 amide bonds. The van der Waals surface area contributed by atoms with Crippen molar-refractivity contribution in [1.82, 2.24) is 4.98 Å². The number of fused-ring (bicyclic) bond motifs is 2. The van der Waals surface area contributed by atoms with E-state index < -0.39 is 16.7 Å². The van der Waals surface area contributed by atoms with E-state index in [0.717, 1.165) is 19.8 Å². The Bertz CT molecular complexity index is 1590. The number of carbonyl (C=O) groups excluding carboxylic acids is 1. The maximum absolute atomic E-state index is 13.6. The largest absolute Gasteiger partial charge is 0.497 e. The second-order valence-electron chi connectivity index (χ2n) is 6.87. The molecule has 0 bridgehead atoms. The number of hydrogen-bond acceptors (Lipinski definition) is 9. The topological polar surface area (TPSA) is 111 Å². The fraction of sp³-hybridized carbons (Fsp3) is 0.0455. The van der Waals surface area contributed by atoms with Crippen LogP contribution in [0.3, 0.4) is 0 Å². The van der Waals surface area contributed by atoms with E-state index in [1.165, 1.54) is 41.0 Å². The van der Waals surface area contributed by atoms with Gasteiger partial charge in [0.05, 0.1) is 34.6 Å². The highest BCUT2D eigenvalue weighted by molar-refractivity contribution is 7.23. The number of anilines is 1. The summed E-state index contributed by atoms with van der Waals surface area (Å²) in [6, 6.07) is 15.4. The van der Waals surface area contributed by atoms with Crippen LogP contribution in [-0.4, -0.2) is 29.1 Å². The minimum atomic E-state index is -0.655. The Morgan fingerprint density at radius 2 is 2.03 bits per heavy atom. The molecular formula is C22H13ClN4O5S2. The van der Waals surface area contributed by atoms with Crippen LogP contribution in [0.2, 0.25) is 5.02 Å². The number of thiophene rings is 1. The summed E-state index contributed by atoms with van der Waals surface area (Å²) in [6.45, 7) is 0. The van der Waals surface area contributed by atoms with Crippen LogP contribution in [0.25, 0.3) is 20.3 Å². The zero-order valence-corrected chi connectivity index (χ0v) is 19.7. The number of ether oxygens (including phenoxy) is 1. The van der Waals surface area contributed by atoms with E-state index in [4.69, 9.17) is 20.8 Å². The Balaban J connectivity index is 1.59. The summed E-state index contributed by atoms with van der Waals surface area (Å²) in [5, 5.41) is 17.7. The Morgan fingerprint density at radius 3 is 2.76 bits per heavy atom. The molecule has 3 aromatic heterocycles. The third-order valence-corrected chi connectivity index (χ3v) is 7.44. The molecule has 0 fully saturated rings. The number of aromatic nitrogens is 1. The fourth-order valence-corrected chi connectivity index (χ4v) is 5.56. The lowest BCUT2D eigenvalue weighted by atomic mass is 10.2. The maximum atomic E-state index is 13.6. The third kappa shape index (κ3) is 4.00. The summed E-state index contributed by atoms with van der Waals surface area (Å²) in [4.78, 5) is 28.7. The van der Waals surface area contributed by atoms with Gasteiger partial charge in [0, 0.05) is 10.1 Å². The second-order valence-corrected chi connectivity index (χ2v) is 9.31. The van der Waals surface area contributed by atoms with Gasteiger partial charge in [0.1, 0.15) is 15.5 Å². The smallest absolute Gasteiger partial charge is 0.433 e. The molecule has 3 heterocycles. The van der Waals surface area contributed by atoms with E-state index >= 15 is 0 Å². The van der Waals surface area contributed by atoms with Gasteiger partial charge < -0.3 is 9.15 Å². The van der Waals surface area contributed by atoms with Crippen LogP contribution in [-0.2, 0) is 0 Å². The highest BCUT2D eigenvalue weighted by Crippen LogP contribution is 2.38. The molecule has 0 saturated carbocycles. The van der Waals surface area contributed by atoms with Crippen LogP contribution in [0.1, 0.15) is 15.4 Å². The molecule has 0 aliphatic carbocycles. The summed E-state index contributed by atoms with van der Waals surface area (Å²) in [6.07, 6.45) is 1.22. The van der Waals surface area contributed by atoms with Crippen molar-refractivity contribution >= 4 is 77.7 Å². The summed E-state index contributed by atoms with van der Waals surface area (Å²) < 4.78 is 12.1. The molecule has 0 unspecified atom stereocenters. The normalized spacial score (nSPS) is 11.5. The fourth-order valence-electron chi connectivity index (χ4n) is 3.17. The lowest BCUT2D eigenvalue weighted by molar-refractivity contribution is -0.402. The van der Waals surface area contributed by atoms with Crippen LogP contribution in [0.15, 0.2) is 64.1 Å². The minimum absolute atomic E-state index is 0.106. The molecule has 170 valence electrons. The van der Waals surface area contributed by atoms with Crippen LogP contribution in [0.5, 0.6) is 5.75 Å². The minimum Gasteiger partial charge on any atom is -0.497 e. The average Bonchev–Trinajstić information content (AvgIpc) is 3.56. The maximum Gasteiger partial charge on any atom is 0.433 e. The number of carbonyl (C=O) groups is 1. The summed E-state index contributed by atoms with van der Waals surface area (Å²) in [7, 11) is 1.56. The van der Waals surface area contributed by atoms with E-state index in [1.807, 2.05) is 30.3 Å². The molecule has 0 radical (unpaired) electrons. The van der Waals surface area contributed by atoms with Gasteiger partial charge in [-0.1, -0.05) is 41.1 Å². The van der Waals surface area contributed by atoms with E-state index in [0.29, 0.717) is 26.3 Å². The first-order chi connectivity index (χ1) is 16.4. The zero-order chi connectivity index (χ0) is 23.8. The highest BCUT2D eigenvalue weighted by atomic mass is 35.5. The molecule has 0 N–H and O–H groups in total. The number of nitrogens with zero attached hydrogens (tertiary/aromatic N) is 4. The van der Waals surface area contributed by atoms with Crippen molar-refractivity contribution in [3.05, 3.63) is 80.4 Å². The quantitative estimate of drug-likeness (QED) is 0.149. The van der Waals surface area contributed by atoms with Gasteiger partial charge in [0.2, 0.25) is 5.13 Å². The Morgan fingerprint density at radius 1 is 1.21 bits per heavy atom. The molecule has 0 spiro atoms. The number of thiazole rings is 1. The van der Waals surface area contributed by atoms with Crippen LogP contribution in [0.4, 0.5) is 11.0 Å².